The van der Waals surface area contributed by atoms with Gasteiger partial charge in [0, 0.05) is 5.56 Å². The van der Waals surface area contributed by atoms with Gasteiger partial charge >= 0.3 is 0 Å². The smallest absolute Gasteiger partial charge is 0.118 e. The Kier molecular flexibility index (Phi) is 1.63. The highest BCUT2D eigenvalue weighted by Crippen LogP contribution is 2.36. The van der Waals surface area contributed by atoms with E-state index >= 15 is 0 Å². The maximum Gasteiger partial charge on any atom is 0.118 e. The first-order chi connectivity index (χ1) is 5.40. The van der Waals surface area contributed by atoms with Crippen molar-refractivity contribution in [1.82, 2.24) is 0 Å². The lowest BCUT2D eigenvalue weighted by molar-refractivity contribution is 0.415. The second-order valence-electron chi connectivity index (χ2n) is 2.30. The highest BCUT2D eigenvalue weighted by Gasteiger charge is 2.11. The van der Waals surface area contributed by atoms with Gasteiger partial charge in [0.1, 0.15) is 5.75 Å². The molecule has 2 nitrogen and oxygen atoms in total. The lowest BCUT2D eigenvalue weighted by Crippen LogP contribution is -1.84. The number of ether oxygens (including phenoxy) is 1. The summed E-state index contributed by atoms with van der Waals surface area (Å²) in [4.78, 5) is 0. The van der Waals surface area contributed by atoms with Crippen LogP contribution in [-0.2, 0) is 0 Å². The van der Waals surface area contributed by atoms with Gasteiger partial charge in [-0.25, -0.2) is 0 Å². The highest BCUT2D eigenvalue weighted by molar-refractivity contribution is 7.67. The van der Waals surface area contributed by atoms with Crippen molar-refractivity contribution in [1.29, 1.82) is 0 Å². The lowest BCUT2D eigenvalue weighted by atomic mass is 10.2. The fourth-order valence-corrected chi connectivity index (χ4v) is 1.39. The lowest BCUT2D eigenvalue weighted by Gasteiger charge is -1.97. The molecule has 1 heterocycles. The standard InChI is InChI=1S/C8H8NOP/c1-10-7-4-2-6(3-5-7)8-9-11-8/h2-5,11H,1H3. The Labute approximate surface area is 67.1 Å². The monoisotopic (exact) mass is 165 g/mol. The Morgan fingerprint density at radius 2 is 1.91 bits per heavy atom. The van der Waals surface area contributed by atoms with E-state index in [9.17, 15) is 0 Å². The molecule has 0 N–H and O–H groups in total. The van der Waals surface area contributed by atoms with Gasteiger partial charge in [-0.2, -0.15) is 0 Å². The molecule has 2 rings (SSSR count). The van der Waals surface area contributed by atoms with Gasteiger partial charge in [-0.05, 0) is 24.3 Å². The third-order valence-corrected chi connectivity index (χ3v) is 2.32. The molecule has 1 atom stereocenters. The van der Waals surface area contributed by atoms with E-state index in [4.69, 9.17) is 4.74 Å². The molecule has 1 aliphatic rings. The Balaban J connectivity index is 2.26. The third-order valence-electron chi connectivity index (χ3n) is 1.59. The van der Waals surface area contributed by atoms with Crippen LogP contribution in [0.1, 0.15) is 5.56 Å². The summed E-state index contributed by atoms with van der Waals surface area (Å²) < 4.78 is 9.16. The molecule has 1 aromatic carbocycles. The number of rotatable bonds is 2. The minimum absolute atomic E-state index is 0.700. The first-order valence-electron chi connectivity index (χ1n) is 3.38. The van der Waals surface area contributed by atoms with Crippen LogP contribution < -0.4 is 4.74 Å². The molecule has 56 valence electrons. The summed E-state index contributed by atoms with van der Waals surface area (Å²) in [5.74, 6) is 0.901. The SMILES string of the molecule is COc1ccc(C2=NP2)cc1. The Morgan fingerprint density at radius 1 is 1.27 bits per heavy atom. The summed E-state index contributed by atoms with van der Waals surface area (Å²) in [6.07, 6.45) is 0. The summed E-state index contributed by atoms with van der Waals surface area (Å²) in [7, 11) is 2.37. The van der Waals surface area contributed by atoms with Crippen molar-refractivity contribution >= 4 is 14.2 Å². The molecule has 0 aliphatic carbocycles. The minimum Gasteiger partial charge on any atom is -0.497 e. The molecular formula is C8H8NOP. The maximum atomic E-state index is 5.03. The third kappa shape index (κ3) is 1.41. The van der Waals surface area contributed by atoms with Crippen molar-refractivity contribution in [2.45, 2.75) is 0 Å². The Bertz CT molecular complexity index is 291. The molecular weight excluding hydrogens is 157 g/mol. The van der Waals surface area contributed by atoms with Gasteiger partial charge in [-0.3, -0.25) is 4.76 Å². The quantitative estimate of drug-likeness (QED) is 0.614. The summed E-state index contributed by atoms with van der Waals surface area (Å²) in [5.41, 5.74) is 2.46. The van der Waals surface area contributed by atoms with Crippen molar-refractivity contribution in [2.75, 3.05) is 7.11 Å². The van der Waals surface area contributed by atoms with Crippen LogP contribution in [0, 0.1) is 0 Å². The zero-order chi connectivity index (χ0) is 7.68. The van der Waals surface area contributed by atoms with Gasteiger partial charge < -0.3 is 4.74 Å². The van der Waals surface area contributed by atoms with Crippen LogP contribution in [0.4, 0.5) is 0 Å². The average molecular weight is 165 g/mol. The molecule has 0 amide bonds. The zero-order valence-electron chi connectivity index (χ0n) is 6.16. The normalized spacial score (nSPS) is 16.3. The van der Waals surface area contributed by atoms with Crippen molar-refractivity contribution in [3.63, 3.8) is 0 Å². The first-order valence-corrected chi connectivity index (χ1v) is 4.33. The molecule has 11 heavy (non-hydrogen) atoms. The summed E-state index contributed by atoms with van der Waals surface area (Å²) in [6, 6.07) is 8.00. The summed E-state index contributed by atoms with van der Waals surface area (Å²) in [6.45, 7) is 0. The van der Waals surface area contributed by atoms with Gasteiger partial charge in [0.25, 0.3) is 0 Å². The van der Waals surface area contributed by atoms with Crippen LogP contribution in [0.3, 0.4) is 0 Å². The fourth-order valence-electron chi connectivity index (χ4n) is 0.906. The zero-order valence-corrected chi connectivity index (χ0v) is 7.16. The van der Waals surface area contributed by atoms with E-state index in [0.717, 1.165) is 5.75 Å². The summed E-state index contributed by atoms with van der Waals surface area (Å²) in [5, 5.41) is 0. The molecule has 1 aromatic rings. The van der Waals surface area contributed by atoms with Gasteiger partial charge in [0.2, 0.25) is 0 Å². The molecule has 1 unspecified atom stereocenters. The van der Waals surface area contributed by atoms with E-state index in [1.807, 2.05) is 24.3 Å². The van der Waals surface area contributed by atoms with E-state index in [0.29, 0.717) is 8.73 Å². The maximum absolute atomic E-state index is 5.03. The molecule has 0 spiro atoms. The van der Waals surface area contributed by atoms with Gasteiger partial charge in [-0.1, -0.05) is 0 Å². The first kappa shape index (κ1) is 6.81. The van der Waals surface area contributed by atoms with E-state index < -0.39 is 0 Å². The molecule has 0 bridgehead atoms. The Morgan fingerprint density at radius 3 is 2.36 bits per heavy atom. The number of hydrogen-bond donors (Lipinski definition) is 0. The van der Waals surface area contributed by atoms with E-state index in [1.54, 1.807) is 7.11 Å². The van der Waals surface area contributed by atoms with Crippen molar-refractivity contribution in [3.05, 3.63) is 29.8 Å². The van der Waals surface area contributed by atoms with Crippen molar-refractivity contribution in [2.24, 2.45) is 4.76 Å². The average Bonchev–Trinajstić information content (AvgIpc) is 2.87. The molecule has 0 saturated carbocycles. The second kappa shape index (κ2) is 2.63. The number of methoxy groups -OCH3 is 1. The largest absolute Gasteiger partial charge is 0.497 e. The highest BCUT2D eigenvalue weighted by atomic mass is 31.1. The minimum atomic E-state index is 0.700. The second-order valence-corrected chi connectivity index (χ2v) is 3.22. The van der Waals surface area contributed by atoms with Crippen LogP contribution in [-0.4, -0.2) is 12.6 Å². The molecule has 1 aliphatic heterocycles. The van der Waals surface area contributed by atoms with E-state index in [-0.39, 0.29) is 0 Å². The molecule has 0 aromatic heterocycles. The molecule has 0 radical (unpaired) electrons. The van der Waals surface area contributed by atoms with Gasteiger partial charge in [0.05, 0.1) is 21.3 Å². The van der Waals surface area contributed by atoms with Crippen LogP contribution in [0.15, 0.2) is 29.0 Å². The number of nitrogens with zero attached hydrogens (tertiary/aromatic N) is 1. The molecule has 0 saturated heterocycles. The van der Waals surface area contributed by atoms with Crippen molar-refractivity contribution in [3.8, 4) is 5.75 Å². The topological polar surface area (TPSA) is 21.6 Å². The van der Waals surface area contributed by atoms with Gasteiger partial charge in [0.15, 0.2) is 0 Å². The van der Waals surface area contributed by atoms with Crippen LogP contribution in [0.5, 0.6) is 5.75 Å². The predicted octanol–water partition coefficient (Wildman–Crippen LogP) is 2.05. The van der Waals surface area contributed by atoms with Gasteiger partial charge in [-0.15, -0.1) is 0 Å². The van der Waals surface area contributed by atoms with Crippen LogP contribution >= 0.6 is 8.73 Å². The fraction of sp³-hybridized carbons (Fsp3) is 0.125. The number of benzene rings is 1. The number of hydrogen-bond acceptors (Lipinski definition) is 2. The summed E-state index contributed by atoms with van der Waals surface area (Å²) >= 11 is 0. The van der Waals surface area contributed by atoms with Crippen molar-refractivity contribution < 1.29 is 4.74 Å². The van der Waals surface area contributed by atoms with Crippen LogP contribution in [0.2, 0.25) is 0 Å². The van der Waals surface area contributed by atoms with Crippen LogP contribution in [0.25, 0.3) is 0 Å². The molecule has 0 fully saturated rings. The van der Waals surface area contributed by atoms with E-state index in [2.05, 4.69) is 4.76 Å². The van der Waals surface area contributed by atoms with E-state index in [1.165, 1.54) is 11.0 Å². The Hall–Kier alpha value is -0.880. The molecule has 3 heteroatoms. The predicted molar refractivity (Wildman–Crippen MR) is 47.8 cm³/mol.